The van der Waals surface area contributed by atoms with Crippen LogP contribution < -0.4 is 5.56 Å². The van der Waals surface area contributed by atoms with Crippen molar-refractivity contribution in [3.63, 3.8) is 0 Å². The van der Waals surface area contributed by atoms with E-state index < -0.39 is 0 Å². The quantitative estimate of drug-likeness (QED) is 0.882. The average Bonchev–Trinajstić information content (AvgIpc) is 2.33. The van der Waals surface area contributed by atoms with E-state index in [-0.39, 0.29) is 5.56 Å². The first kappa shape index (κ1) is 11.9. The van der Waals surface area contributed by atoms with Gasteiger partial charge in [0.1, 0.15) is 0 Å². The molecular formula is C14H17NO2. The summed E-state index contributed by atoms with van der Waals surface area (Å²) in [7, 11) is 1.60. The lowest BCUT2D eigenvalue weighted by Gasteiger charge is -2.09. The zero-order chi connectivity index (χ0) is 12.4. The van der Waals surface area contributed by atoms with Gasteiger partial charge in [-0.1, -0.05) is 19.1 Å². The predicted molar refractivity (Wildman–Crippen MR) is 69.4 cm³/mol. The van der Waals surface area contributed by atoms with E-state index in [0.717, 1.165) is 22.9 Å². The van der Waals surface area contributed by atoms with Gasteiger partial charge in [-0.2, -0.15) is 0 Å². The van der Waals surface area contributed by atoms with Crippen LogP contribution in [0.1, 0.15) is 23.6 Å². The molecule has 0 saturated carbocycles. The van der Waals surface area contributed by atoms with Gasteiger partial charge in [0.15, 0.2) is 0 Å². The number of hydrogen-bond acceptors (Lipinski definition) is 2. The van der Waals surface area contributed by atoms with Crippen LogP contribution in [0.15, 0.2) is 23.0 Å². The fraction of sp³-hybridized carbons (Fsp3) is 0.357. The molecule has 0 bridgehead atoms. The zero-order valence-corrected chi connectivity index (χ0v) is 10.5. The lowest BCUT2D eigenvalue weighted by atomic mass is 10.0. The first-order valence-electron chi connectivity index (χ1n) is 5.80. The maximum Gasteiger partial charge on any atom is 0.254 e. The molecule has 0 unspecified atom stereocenters. The Balaban J connectivity index is 2.72. The summed E-state index contributed by atoms with van der Waals surface area (Å²) in [5.41, 5.74) is 3.81. The van der Waals surface area contributed by atoms with Crippen LogP contribution in [0, 0.1) is 6.92 Å². The van der Waals surface area contributed by atoms with Gasteiger partial charge in [0, 0.05) is 23.6 Å². The number of fused-ring (bicyclic) bond motifs is 1. The number of ether oxygens (including phenoxy) is 1. The molecule has 90 valence electrons. The fourth-order valence-electron chi connectivity index (χ4n) is 2.09. The van der Waals surface area contributed by atoms with Gasteiger partial charge in [0.25, 0.3) is 5.56 Å². The van der Waals surface area contributed by atoms with E-state index in [4.69, 9.17) is 4.74 Å². The summed E-state index contributed by atoms with van der Waals surface area (Å²) in [5.74, 6) is 0. The molecule has 1 aromatic carbocycles. The van der Waals surface area contributed by atoms with Crippen molar-refractivity contribution in [3.05, 3.63) is 45.2 Å². The van der Waals surface area contributed by atoms with Gasteiger partial charge < -0.3 is 9.72 Å². The lowest BCUT2D eigenvalue weighted by Crippen LogP contribution is -2.15. The summed E-state index contributed by atoms with van der Waals surface area (Å²) in [6.45, 7) is 4.43. The smallest absolute Gasteiger partial charge is 0.254 e. The van der Waals surface area contributed by atoms with Crippen LogP contribution in [0.25, 0.3) is 10.9 Å². The van der Waals surface area contributed by atoms with Gasteiger partial charge in [0.2, 0.25) is 0 Å². The van der Waals surface area contributed by atoms with Crippen molar-refractivity contribution in [1.29, 1.82) is 0 Å². The highest BCUT2D eigenvalue weighted by Crippen LogP contribution is 2.19. The molecule has 0 saturated heterocycles. The predicted octanol–water partition coefficient (Wildman–Crippen LogP) is 2.55. The Bertz CT molecular complexity index is 599. The van der Waals surface area contributed by atoms with Gasteiger partial charge in [0.05, 0.1) is 6.61 Å². The van der Waals surface area contributed by atoms with Gasteiger partial charge in [-0.3, -0.25) is 4.79 Å². The molecule has 17 heavy (non-hydrogen) atoms. The minimum absolute atomic E-state index is 0.0508. The second-order valence-electron chi connectivity index (χ2n) is 4.22. The second-order valence-corrected chi connectivity index (χ2v) is 4.22. The van der Waals surface area contributed by atoms with Crippen molar-refractivity contribution in [3.8, 4) is 0 Å². The van der Waals surface area contributed by atoms with Crippen molar-refractivity contribution in [2.45, 2.75) is 26.9 Å². The van der Waals surface area contributed by atoms with Crippen molar-refractivity contribution >= 4 is 10.9 Å². The average molecular weight is 231 g/mol. The van der Waals surface area contributed by atoms with Crippen LogP contribution in [0.3, 0.4) is 0 Å². The van der Waals surface area contributed by atoms with E-state index in [1.807, 2.05) is 13.0 Å². The van der Waals surface area contributed by atoms with E-state index in [9.17, 15) is 4.79 Å². The Kier molecular flexibility index (Phi) is 3.29. The number of nitrogens with one attached hydrogen (secondary N) is 1. The maximum atomic E-state index is 11.9. The number of aromatic amines is 1. The number of hydrogen-bond donors (Lipinski definition) is 1. The van der Waals surface area contributed by atoms with Crippen molar-refractivity contribution in [2.24, 2.45) is 0 Å². The minimum atomic E-state index is -0.0508. The molecule has 0 radical (unpaired) electrons. The SMILES string of the molecule is CCc1ccc2c(C)c(COC)c(=O)[nH]c2c1. The highest BCUT2D eigenvalue weighted by atomic mass is 16.5. The first-order valence-corrected chi connectivity index (χ1v) is 5.80. The van der Waals surface area contributed by atoms with Gasteiger partial charge in [-0.15, -0.1) is 0 Å². The monoisotopic (exact) mass is 231 g/mol. The number of aromatic nitrogens is 1. The first-order chi connectivity index (χ1) is 8.17. The third kappa shape index (κ3) is 2.11. The van der Waals surface area contributed by atoms with Gasteiger partial charge in [-0.05, 0) is 30.5 Å². The molecule has 3 nitrogen and oxygen atoms in total. The fourth-order valence-corrected chi connectivity index (χ4v) is 2.09. The highest BCUT2D eigenvalue weighted by Gasteiger charge is 2.08. The number of pyridine rings is 1. The molecule has 0 aliphatic heterocycles. The second kappa shape index (κ2) is 4.72. The normalized spacial score (nSPS) is 11.0. The van der Waals surface area contributed by atoms with Gasteiger partial charge in [-0.25, -0.2) is 0 Å². The largest absolute Gasteiger partial charge is 0.380 e. The summed E-state index contributed by atoms with van der Waals surface area (Å²) < 4.78 is 5.06. The molecule has 2 rings (SSSR count). The molecule has 3 heteroatoms. The molecule has 2 aromatic rings. The van der Waals surface area contributed by atoms with E-state index in [1.165, 1.54) is 5.56 Å². The van der Waals surface area contributed by atoms with E-state index in [0.29, 0.717) is 12.2 Å². The Morgan fingerprint density at radius 1 is 1.35 bits per heavy atom. The topological polar surface area (TPSA) is 42.1 Å². The number of rotatable bonds is 3. The number of benzene rings is 1. The van der Waals surface area contributed by atoms with Crippen molar-refractivity contribution < 1.29 is 4.74 Å². The number of aryl methyl sites for hydroxylation is 2. The number of H-pyrrole nitrogens is 1. The summed E-state index contributed by atoms with van der Waals surface area (Å²) in [6.07, 6.45) is 0.969. The molecule has 0 fully saturated rings. The van der Waals surface area contributed by atoms with Crippen LogP contribution in [0.2, 0.25) is 0 Å². The van der Waals surface area contributed by atoms with Crippen LogP contribution in [-0.4, -0.2) is 12.1 Å². The summed E-state index contributed by atoms with van der Waals surface area (Å²) in [6, 6.07) is 6.21. The van der Waals surface area contributed by atoms with Crippen LogP contribution >= 0.6 is 0 Å². The molecule has 1 N–H and O–H groups in total. The lowest BCUT2D eigenvalue weighted by molar-refractivity contribution is 0.183. The van der Waals surface area contributed by atoms with Crippen LogP contribution in [0.4, 0.5) is 0 Å². The van der Waals surface area contributed by atoms with Crippen LogP contribution in [0.5, 0.6) is 0 Å². The molecule has 0 spiro atoms. The molecule has 0 atom stereocenters. The standard InChI is InChI=1S/C14H17NO2/c1-4-10-5-6-11-9(2)12(8-17-3)14(16)15-13(11)7-10/h5-7H,4,8H2,1-3H3,(H,15,16). The van der Waals surface area contributed by atoms with E-state index in [1.54, 1.807) is 7.11 Å². The van der Waals surface area contributed by atoms with Crippen molar-refractivity contribution in [2.75, 3.05) is 7.11 Å². The third-order valence-electron chi connectivity index (χ3n) is 3.16. The molecule has 1 heterocycles. The molecule has 0 aliphatic rings. The van der Waals surface area contributed by atoms with E-state index in [2.05, 4.69) is 24.0 Å². The maximum absolute atomic E-state index is 11.9. The Morgan fingerprint density at radius 2 is 2.12 bits per heavy atom. The Hall–Kier alpha value is -1.61. The Labute approximate surface area is 100 Å². The van der Waals surface area contributed by atoms with E-state index >= 15 is 0 Å². The molecule has 0 amide bonds. The summed E-state index contributed by atoms with van der Waals surface area (Å²) in [4.78, 5) is 14.8. The number of methoxy groups -OCH3 is 1. The van der Waals surface area contributed by atoms with Crippen LogP contribution in [-0.2, 0) is 17.8 Å². The third-order valence-corrected chi connectivity index (χ3v) is 3.16. The zero-order valence-electron chi connectivity index (χ0n) is 10.5. The molecule has 1 aromatic heterocycles. The molecular weight excluding hydrogens is 214 g/mol. The Morgan fingerprint density at radius 3 is 2.76 bits per heavy atom. The summed E-state index contributed by atoms with van der Waals surface area (Å²) in [5, 5.41) is 1.09. The highest BCUT2D eigenvalue weighted by molar-refractivity contribution is 5.83. The van der Waals surface area contributed by atoms with Gasteiger partial charge >= 0.3 is 0 Å². The minimum Gasteiger partial charge on any atom is -0.380 e. The summed E-state index contributed by atoms with van der Waals surface area (Å²) >= 11 is 0. The van der Waals surface area contributed by atoms with Crippen molar-refractivity contribution in [1.82, 2.24) is 4.98 Å². The molecule has 0 aliphatic carbocycles.